The summed E-state index contributed by atoms with van der Waals surface area (Å²) in [5.74, 6) is 0.728. The van der Waals surface area contributed by atoms with E-state index in [-0.39, 0.29) is 10.5 Å². The van der Waals surface area contributed by atoms with Crippen molar-refractivity contribution in [2.24, 2.45) is 22.1 Å². The molecule has 0 heterocycles. The van der Waals surface area contributed by atoms with Crippen LogP contribution in [-0.4, -0.2) is 27.3 Å². The normalized spacial score (nSPS) is 32.9. The third-order valence-corrected chi connectivity index (χ3v) is 6.49. The number of primary sulfonamides is 2. The molecule has 20 heavy (non-hydrogen) atoms. The highest BCUT2D eigenvalue weighted by atomic mass is 32.2. The lowest BCUT2D eigenvalue weighted by Crippen LogP contribution is -2.39. The lowest BCUT2D eigenvalue weighted by Gasteiger charge is -2.30. The molecule has 2 aliphatic rings. The summed E-state index contributed by atoms with van der Waals surface area (Å²) in [7, 11) is -6.51. The van der Waals surface area contributed by atoms with Crippen LogP contribution < -0.4 is 10.3 Å². The maximum atomic E-state index is 10.6. The molecule has 2 rings (SSSR count). The Balaban J connectivity index is 0.000000200. The Morgan fingerprint density at radius 2 is 1.00 bits per heavy atom. The predicted molar refractivity (Wildman–Crippen MR) is 79.6 cm³/mol. The fourth-order valence-electron chi connectivity index (χ4n) is 2.13. The molecule has 2 aliphatic carbocycles. The minimum Gasteiger partial charge on any atom is -0.228 e. The summed E-state index contributed by atoms with van der Waals surface area (Å²) in [6, 6.07) is 0. The first-order valence-electron chi connectivity index (χ1n) is 6.36. The van der Waals surface area contributed by atoms with Crippen LogP contribution in [0.5, 0.6) is 0 Å². The van der Waals surface area contributed by atoms with E-state index < -0.39 is 20.0 Å². The molecule has 8 heteroatoms. The van der Waals surface area contributed by atoms with Crippen molar-refractivity contribution >= 4 is 20.0 Å². The monoisotopic (exact) mass is 322 g/mol. The van der Waals surface area contributed by atoms with Crippen LogP contribution in [0.4, 0.5) is 0 Å². The van der Waals surface area contributed by atoms with Crippen molar-refractivity contribution in [3.63, 3.8) is 0 Å². The molecule has 0 saturated heterocycles. The lowest BCUT2D eigenvalue weighted by atomic mass is 9.85. The molecular weight excluding hydrogens is 300 g/mol. The van der Waals surface area contributed by atoms with Gasteiger partial charge in [0.25, 0.3) is 0 Å². The fraction of sp³-hybridized carbons (Fsp3) is 0.667. The van der Waals surface area contributed by atoms with Gasteiger partial charge in [0.2, 0.25) is 20.0 Å². The summed E-state index contributed by atoms with van der Waals surface area (Å²) in [5.41, 5.74) is 0. The molecule has 0 aromatic rings. The summed E-state index contributed by atoms with van der Waals surface area (Å²) in [4.78, 5) is 0. The van der Waals surface area contributed by atoms with Crippen LogP contribution in [0, 0.1) is 11.8 Å². The quantitative estimate of drug-likeness (QED) is 0.731. The minimum absolute atomic E-state index is 0.310. The second-order valence-electron chi connectivity index (χ2n) is 5.36. The number of sulfonamides is 2. The summed E-state index contributed by atoms with van der Waals surface area (Å²) < 4.78 is 42.5. The highest BCUT2D eigenvalue weighted by Gasteiger charge is 2.35. The van der Waals surface area contributed by atoms with Crippen LogP contribution in [-0.2, 0) is 20.0 Å². The molecule has 0 unspecified atom stereocenters. The van der Waals surface area contributed by atoms with E-state index in [4.69, 9.17) is 10.3 Å². The maximum absolute atomic E-state index is 10.6. The van der Waals surface area contributed by atoms with E-state index >= 15 is 0 Å². The van der Waals surface area contributed by atoms with Gasteiger partial charge >= 0.3 is 0 Å². The van der Waals surface area contributed by atoms with Crippen LogP contribution in [0.1, 0.15) is 25.7 Å². The van der Waals surface area contributed by atoms with Gasteiger partial charge in [0.05, 0.1) is 10.5 Å². The Bertz CT molecular complexity index is 504. The van der Waals surface area contributed by atoms with Gasteiger partial charge in [-0.1, -0.05) is 12.2 Å². The van der Waals surface area contributed by atoms with Crippen molar-refractivity contribution < 1.29 is 16.8 Å². The fourth-order valence-corrected chi connectivity index (χ4v) is 4.20. The van der Waals surface area contributed by atoms with Gasteiger partial charge in [0.15, 0.2) is 0 Å². The van der Waals surface area contributed by atoms with Gasteiger partial charge in [-0.25, -0.2) is 27.1 Å². The molecule has 0 spiro atoms. The second-order valence-corrected chi connectivity index (χ2v) is 9.05. The van der Waals surface area contributed by atoms with E-state index in [9.17, 15) is 16.8 Å². The third kappa shape index (κ3) is 4.69. The summed E-state index contributed by atoms with van der Waals surface area (Å²) in [5, 5.41) is 9.17. The Morgan fingerprint density at radius 1 is 0.750 bits per heavy atom. The van der Waals surface area contributed by atoms with Crippen molar-refractivity contribution in [3.05, 3.63) is 25.3 Å². The number of hydrogen-bond donors (Lipinski definition) is 2. The molecule has 116 valence electrons. The first-order valence-corrected chi connectivity index (χ1v) is 9.58. The van der Waals surface area contributed by atoms with Crippen molar-refractivity contribution in [2.75, 3.05) is 0 Å². The first kappa shape index (κ1) is 17.4. The highest BCUT2D eigenvalue weighted by Crippen LogP contribution is 2.32. The number of rotatable bonds is 4. The van der Waals surface area contributed by atoms with Gasteiger partial charge in [-0.3, -0.25) is 0 Å². The molecule has 2 saturated carbocycles. The van der Waals surface area contributed by atoms with Crippen LogP contribution >= 0.6 is 0 Å². The molecule has 0 aromatic heterocycles. The lowest BCUT2D eigenvalue weighted by molar-refractivity contribution is 0.383. The average molecular weight is 322 g/mol. The van der Waals surface area contributed by atoms with Crippen molar-refractivity contribution in [1.29, 1.82) is 0 Å². The maximum Gasteiger partial charge on any atom is 0.212 e. The largest absolute Gasteiger partial charge is 0.228 e. The molecular formula is C12H22N2O4S2. The van der Waals surface area contributed by atoms with E-state index in [0.29, 0.717) is 37.5 Å². The molecule has 0 radical (unpaired) electrons. The van der Waals surface area contributed by atoms with E-state index in [1.54, 1.807) is 12.2 Å². The summed E-state index contributed by atoms with van der Waals surface area (Å²) in [6.07, 6.45) is 6.18. The number of nitrogens with two attached hydrogens (primary N) is 2. The Hall–Kier alpha value is -0.700. The minimum atomic E-state index is -3.26. The Kier molecular flexibility index (Phi) is 5.54. The number of allylic oxidation sites excluding steroid dienone is 2. The average Bonchev–Trinajstić information content (AvgIpc) is 2.10. The van der Waals surface area contributed by atoms with Crippen LogP contribution in [0.3, 0.4) is 0 Å². The van der Waals surface area contributed by atoms with E-state index in [1.807, 2.05) is 0 Å². The molecule has 0 bridgehead atoms. The first-order chi connectivity index (χ1) is 9.07. The van der Waals surface area contributed by atoms with E-state index in [2.05, 4.69) is 13.2 Å². The Morgan fingerprint density at radius 3 is 1.15 bits per heavy atom. The van der Waals surface area contributed by atoms with E-state index in [0.717, 1.165) is 0 Å². The smallest absolute Gasteiger partial charge is 0.212 e. The van der Waals surface area contributed by atoms with Gasteiger partial charge in [0.1, 0.15) is 0 Å². The third-order valence-electron chi connectivity index (χ3n) is 3.86. The van der Waals surface area contributed by atoms with Gasteiger partial charge in [-0.05, 0) is 37.5 Å². The zero-order chi connectivity index (χ0) is 15.6. The van der Waals surface area contributed by atoms with Crippen molar-refractivity contribution in [3.8, 4) is 0 Å². The van der Waals surface area contributed by atoms with Crippen LogP contribution in [0.25, 0.3) is 0 Å². The van der Waals surface area contributed by atoms with Crippen molar-refractivity contribution in [2.45, 2.75) is 36.2 Å². The molecule has 0 amide bonds. The van der Waals surface area contributed by atoms with Gasteiger partial charge in [-0.15, -0.1) is 13.2 Å². The number of hydrogen-bond acceptors (Lipinski definition) is 4. The Labute approximate surface area is 121 Å². The SMILES string of the molecule is C=CC1CC(S(N)(=O)=O)C1.C=CC1CC(S(N)(=O)=O)C1. The van der Waals surface area contributed by atoms with Gasteiger partial charge in [-0.2, -0.15) is 0 Å². The summed E-state index contributed by atoms with van der Waals surface area (Å²) in [6.45, 7) is 7.13. The van der Waals surface area contributed by atoms with Crippen LogP contribution in [0.2, 0.25) is 0 Å². The standard InChI is InChI=1S/2C6H11NO2S/c2*1-2-5-3-6(4-5)10(7,8)9/h2*2,5-6H,1,3-4H2,(H2,7,8,9). The van der Waals surface area contributed by atoms with Crippen molar-refractivity contribution in [1.82, 2.24) is 0 Å². The zero-order valence-electron chi connectivity index (χ0n) is 11.3. The van der Waals surface area contributed by atoms with Gasteiger partial charge in [0, 0.05) is 0 Å². The van der Waals surface area contributed by atoms with Crippen LogP contribution in [0.15, 0.2) is 25.3 Å². The molecule has 4 N–H and O–H groups in total. The topological polar surface area (TPSA) is 120 Å². The molecule has 0 aliphatic heterocycles. The highest BCUT2D eigenvalue weighted by molar-refractivity contribution is 7.90. The molecule has 0 aromatic carbocycles. The zero-order valence-corrected chi connectivity index (χ0v) is 12.9. The second kappa shape index (κ2) is 6.38. The van der Waals surface area contributed by atoms with E-state index in [1.165, 1.54) is 0 Å². The molecule has 0 atom stereocenters. The summed E-state index contributed by atoms with van der Waals surface area (Å²) >= 11 is 0. The molecule has 6 nitrogen and oxygen atoms in total. The van der Waals surface area contributed by atoms with Gasteiger partial charge < -0.3 is 0 Å². The predicted octanol–water partition coefficient (Wildman–Crippen LogP) is 0.479. The molecule has 2 fully saturated rings.